The summed E-state index contributed by atoms with van der Waals surface area (Å²) in [6, 6.07) is 9.50. The highest BCUT2D eigenvalue weighted by Gasteiger charge is 2.41. The van der Waals surface area contributed by atoms with Crippen LogP contribution >= 0.6 is 11.8 Å². The van der Waals surface area contributed by atoms with E-state index in [1.165, 1.54) is 31.0 Å². The van der Waals surface area contributed by atoms with Crippen molar-refractivity contribution in [2.75, 3.05) is 44.9 Å². The molecule has 2 fully saturated rings. The number of methoxy groups -OCH3 is 2. The number of sulfonamides is 1. The highest BCUT2D eigenvalue weighted by molar-refractivity contribution is 7.99. The van der Waals surface area contributed by atoms with Crippen LogP contribution in [0.25, 0.3) is 0 Å². The average Bonchev–Trinajstić information content (AvgIpc) is 2.96. The fourth-order valence-electron chi connectivity index (χ4n) is 5.21. The molecule has 0 unspecified atom stereocenters. The first-order valence-corrected chi connectivity index (χ1v) is 16.3. The number of benzene rings is 2. The smallest absolute Gasteiger partial charge is 0.265 e. The number of thioether (sulfide) groups is 1. The second kappa shape index (κ2) is 14.1. The predicted molar refractivity (Wildman–Crippen MR) is 156 cm³/mol. The number of nitrogens with zero attached hydrogens (tertiary/aromatic N) is 2. The van der Waals surface area contributed by atoms with Crippen LogP contribution in [0.1, 0.15) is 44.1 Å². The molecule has 13 heteroatoms. The number of hydrogen-bond donors (Lipinski definition) is 2. The largest absolute Gasteiger partial charge is 0.379 e. The summed E-state index contributed by atoms with van der Waals surface area (Å²) in [6.45, 7) is 2.27. The van der Waals surface area contributed by atoms with Gasteiger partial charge in [-0.1, -0.05) is 19.3 Å². The quantitative estimate of drug-likeness (QED) is 0.315. The first-order chi connectivity index (χ1) is 20.1. The van der Waals surface area contributed by atoms with Crippen LogP contribution in [0.4, 0.5) is 14.5 Å². The number of carbonyl (C=O) groups excluding carboxylic acids is 1. The summed E-state index contributed by atoms with van der Waals surface area (Å²) >= 11 is 1.45. The van der Waals surface area contributed by atoms with Gasteiger partial charge in [0.1, 0.15) is 23.3 Å². The minimum absolute atomic E-state index is 0.119. The van der Waals surface area contributed by atoms with E-state index in [-0.39, 0.29) is 29.2 Å². The number of amides is 1. The first-order valence-electron chi connectivity index (χ1n) is 13.8. The van der Waals surface area contributed by atoms with Gasteiger partial charge in [-0.05, 0) is 55.7 Å². The molecule has 42 heavy (non-hydrogen) atoms. The number of likely N-dealkylation sites (tertiary alicyclic amines) is 1. The van der Waals surface area contributed by atoms with E-state index in [1.807, 2.05) is 10.8 Å². The van der Waals surface area contributed by atoms with Crippen molar-refractivity contribution < 1.29 is 31.5 Å². The topological polar surface area (TPSA) is 121 Å². The molecular formula is C29H36F2N4O5S2. The van der Waals surface area contributed by atoms with E-state index in [9.17, 15) is 22.9 Å². The van der Waals surface area contributed by atoms with Crippen molar-refractivity contribution in [3.05, 3.63) is 53.6 Å². The van der Waals surface area contributed by atoms with Gasteiger partial charge in [0, 0.05) is 50.5 Å². The molecule has 0 aromatic heterocycles. The molecule has 1 aliphatic carbocycles. The molecular weight excluding hydrogens is 586 g/mol. The van der Waals surface area contributed by atoms with Crippen LogP contribution in [0.2, 0.25) is 0 Å². The molecule has 2 aromatic carbocycles. The predicted octanol–water partition coefficient (Wildman–Crippen LogP) is 4.28. The van der Waals surface area contributed by atoms with E-state index in [0.29, 0.717) is 31.6 Å². The van der Waals surface area contributed by atoms with Gasteiger partial charge in [-0.3, -0.25) is 9.69 Å². The lowest BCUT2D eigenvalue weighted by Gasteiger charge is -2.39. The Hall–Kier alpha value is -2.76. The van der Waals surface area contributed by atoms with Gasteiger partial charge in [0.05, 0.1) is 22.3 Å². The molecule has 2 N–H and O–H groups in total. The van der Waals surface area contributed by atoms with E-state index < -0.39 is 32.2 Å². The molecule has 0 spiro atoms. The van der Waals surface area contributed by atoms with Gasteiger partial charge >= 0.3 is 0 Å². The fourth-order valence-corrected chi connectivity index (χ4v) is 7.27. The van der Waals surface area contributed by atoms with Crippen LogP contribution in [-0.4, -0.2) is 76.6 Å². The molecule has 9 nitrogen and oxygen atoms in total. The third-order valence-corrected chi connectivity index (χ3v) is 10.3. The molecule has 1 saturated carbocycles. The summed E-state index contributed by atoms with van der Waals surface area (Å²) in [6.07, 6.45) is 3.91. The van der Waals surface area contributed by atoms with Crippen molar-refractivity contribution in [2.24, 2.45) is 0 Å². The highest BCUT2D eigenvalue weighted by atomic mass is 32.2. The molecule has 1 aliphatic heterocycles. The Morgan fingerprint density at radius 1 is 1.17 bits per heavy atom. The van der Waals surface area contributed by atoms with Crippen LogP contribution < -0.4 is 10.0 Å². The van der Waals surface area contributed by atoms with Gasteiger partial charge in [-0.25, -0.2) is 21.9 Å². The van der Waals surface area contributed by atoms with Gasteiger partial charge in [0.25, 0.3) is 15.9 Å². The third kappa shape index (κ3) is 7.79. The molecule has 1 atom stereocenters. The van der Waals surface area contributed by atoms with Crippen molar-refractivity contribution in [1.29, 1.82) is 5.26 Å². The maximum Gasteiger partial charge on any atom is 0.265 e. The maximum absolute atomic E-state index is 15.5. The average molecular weight is 623 g/mol. The Labute approximate surface area is 250 Å². The summed E-state index contributed by atoms with van der Waals surface area (Å²) in [5.41, 5.74) is -1.59. The van der Waals surface area contributed by atoms with Crippen LogP contribution in [0.3, 0.4) is 0 Å². The van der Waals surface area contributed by atoms with Gasteiger partial charge in [0.15, 0.2) is 0 Å². The number of halogens is 2. The summed E-state index contributed by atoms with van der Waals surface area (Å²) in [7, 11) is -1.45. The first kappa shape index (κ1) is 32.2. The minimum atomic E-state index is -4.48. The molecule has 1 saturated heterocycles. The lowest BCUT2D eigenvalue weighted by Crippen LogP contribution is -2.52. The second-order valence-corrected chi connectivity index (χ2v) is 13.4. The Morgan fingerprint density at radius 2 is 1.86 bits per heavy atom. The summed E-state index contributed by atoms with van der Waals surface area (Å²) in [4.78, 5) is 15.5. The lowest BCUT2D eigenvalue weighted by atomic mass is 9.84. The zero-order chi connectivity index (χ0) is 30.3. The number of anilines is 1. The zero-order valence-electron chi connectivity index (χ0n) is 23.7. The van der Waals surface area contributed by atoms with E-state index in [4.69, 9.17) is 9.47 Å². The number of hydrogen-bond acceptors (Lipinski definition) is 9. The van der Waals surface area contributed by atoms with Gasteiger partial charge in [-0.15, -0.1) is 11.8 Å². The van der Waals surface area contributed by atoms with Crippen LogP contribution in [0.5, 0.6) is 0 Å². The fraction of sp³-hybridized carbons (Fsp3) is 0.517. The standard InChI is InChI=1S/C29H36F2N4O5S2/c1-39-23-17-35(18-23)13-10-22(19-41-24-8-6-21(30)7-9-24)33-27-20(16-32)14-25(15-26(27)31)42(37,38)34-28(36)29(40-2)11-4-3-5-12-29/h6-9,14-15,22-23,33H,3-5,10-13,17-19H2,1-2H3,(H,34,36)/t22-/m1/s1. The Kier molecular flexibility index (Phi) is 10.8. The van der Waals surface area contributed by atoms with Gasteiger partial charge < -0.3 is 14.8 Å². The van der Waals surface area contributed by atoms with Crippen LogP contribution in [-0.2, 0) is 24.3 Å². The summed E-state index contributed by atoms with van der Waals surface area (Å²) in [5, 5.41) is 13.0. The van der Waals surface area contributed by atoms with E-state index >= 15 is 4.39 Å². The van der Waals surface area contributed by atoms with Crippen molar-refractivity contribution in [3.8, 4) is 6.07 Å². The van der Waals surface area contributed by atoms with Gasteiger partial charge in [-0.2, -0.15) is 5.26 Å². The Bertz CT molecular complexity index is 1390. The number of rotatable bonds is 13. The van der Waals surface area contributed by atoms with Crippen molar-refractivity contribution in [3.63, 3.8) is 0 Å². The SMILES string of the molecule is COC1CN(CC[C@H](CSc2ccc(F)cc2)Nc2c(F)cc(S(=O)(=O)NC(=O)C3(OC)CCCCC3)cc2C#N)C1. The number of ether oxygens (including phenoxy) is 2. The Balaban J connectivity index is 1.51. The lowest BCUT2D eigenvalue weighted by molar-refractivity contribution is -0.145. The molecule has 0 radical (unpaired) electrons. The van der Waals surface area contributed by atoms with Crippen molar-refractivity contribution >= 4 is 33.4 Å². The van der Waals surface area contributed by atoms with E-state index in [2.05, 4.69) is 10.2 Å². The number of nitrogens with one attached hydrogen (secondary N) is 2. The maximum atomic E-state index is 15.5. The Morgan fingerprint density at radius 3 is 2.48 bits per heavy atom. The minimum Gasteiger partial charge on any atom is -0.379 e. The van der Waals surface area contributed by atoms with Crippen molar-refractivity contribution in [2.45, 2.75) is 66.1 Å². The normalized spacial score (nSPS) is 18.1. The van der Waals surface area contributed by atoms with E-state index in [1.54, 1.807) is 19.2 Å². The van der Waals surface area contributed by atoms with Crippen molar-refractivity contribution in [1.82, 2.24) is 9.62 Å². The summed E-state index contributed by atoms with van der Waals surface area (Å²) in [5.74, 6) is -1.60. The van der Waals surface area contributed by atoms with Crippen LogP contribution in [0.15, 0.2) is 46.2 Å². The molecule has 2 aliphatic rings. The molecule has 1 heterocycles. The molecule has 4 rings (SSSR count). The molecule has 0 bridgehead atoms. The zero-order valence-corrected chi connectivity index (χ0v) is 25.3. The highest BCUT2D eigenvalue weighted by Crippen LogP contribution is 2.33. The molecule has 228 valence electrons. The van der Waals surface area contributed by atoms with E-state index in [0.717, 1.165) is 49.4 Å². The summed E-state index contributed by atoms with van der Waals surface area (Å²) < 4.78 is 67.9. The number of carbonyl (C=O) groups is 1. The molecule has 1 amide bonds. The molecule has 2 aromatic rings. The van der Waals surface area contributed by atoms with Gasteiger partial charge in [0.2, 0.25) is 0 Å². The second-order valence-electron chi connectivity index (χ2n) is 10.6. The monoisotopic (exact) mass is 622 g/mol. The number of nitriles is 1. The third-order valence-electron chi connectivity index (χ3n) is 7.85. The van der Waals surface area contributed by atoms with Crippen LogP contribution in [0, 0.1) is 23.0 Å².